The van der Waals surface area contributed by atoms with Gasteiger partial charge in [-0.3, -0.25) is 4.79 Å². The van der Waals surface area contributed by atoms with Gasteiger partial charge in [0, 0.05) is 31.2 Å². The SMILES string of the molecule is NC(=O)N1CCC[C@@H](C(=O)N(Cc2ccccc2F)C2CC2)C1. The number of piperidine rings is 1. The summed E-state index contributed by atoms with van der Waals surface area (Å²) in [6, 6.07) is 6.28. The molecule has 0 aromatic heterocycles. The molecule has 1 aromatic rings. The van der Waals surface area contributed by atoms with Crippen molar-refractivity contribution in [2.24, 2.45) is 11.7 Å². The third-order valence-corrected chi connectivity index (χ3v) is 4.65. The van der Waals surface area contributed by atoms with Crippen LogP contribution in [0.15, 0.2) is 24.3 Å². The predicted molar refractivity (Wildman–Crippen MR) is 83.9 cm³/mol. The van der Waals surface area contributed by atoms with E-state index < -0.39 is 6.03 Å². The lowest BCUT2D eigenvalue weighted by atomic mass is 9.96. The van der Waals surface area contributed by atoms with Crippen molar-refractivity contribution in [2.45, 2.75) is 38.3 Å². The topological polar surface area (TPSA) is 66.6 Å². The standard InChI is InChI=1S/C17H22FN3O2/c18-15-6-2-1-4-12(15)11-21(14-7-8-14)16(22)13-5-3-9-20(10-13)17(19)23/h1-2,4,6,13-14H,3,5,7-11H2,(H2,19,23)/t13-/m1/s1. The monoisotopic (exact) mass is 319 g/mol. The minimum absolute atomic E-state index is 0.0155. The lowest BCUT2D eigenvalue weighted by molar-refractivity contribution is -0.138. The molecule has 0 radical (unpaired) electrons. The number of hydrogen-bond acceptors (Lipinski definition) is 2. The molecule has 3 amide bonds. The first-order chi connectivity index (χ1) is 11.1. The normalized spacial score (nSPS) is 21.1. The minimum atomic E-state index is -0.477. The highest BCUT2D eigenvalue weighted by atomic mass is 19.1. The quantitative estimate of drug-likeness (QED) is 0.923. The van der Waals surface area contributed by atoms with Crippen LogP contribution >= 0.6 is 0 Å². The third-order valence-electron chi connectivity index (χ3n) is 4.65. The molecule has 3 rings (SSSR count). The maximum absolute atomic E-state index is 13.9. The molecule has 23 heavy (non-hydrogen) atoms. The van der Waals surface area contributed by atoms with Crippen LogP contribution in [0.4, 0.5) is 9.18 Å². The van der Waals surface area contributed by atoms with Gasteiger partial charge in [0.1, 0.15) is 5.82 Å². The van der Waals surface area contributed by atoms with Gasteiger partial charge in [-0.2, -0.15) is 0 Å². The Morgan fingerprint density at radius 3 is 2.65 bits per heavy atom. The molecule has 1 saturated heterocycles. The molecule has 0 bridgehead atoms. The molecular formula is C17H22FN3O2. The highest BCUT2D eigenvalue weighted by Gasteiger charge is 2.38. The maximum atomic E-state index is 13.9. The fourth-order valence-electron chi connectivity index (χ4n) is 3.20. The second-order valence-electron chi connectivity index (χ2n) is 6.41. The van der Waals surface area contributed by atoms with E-state index in [1.54, 1.807) is 23.1 Å². The fourth-order valence-corrected chi connectivity index (χ4v) is 3.20. The number of benzene rings is 1. The summed E-state index contributed by atoms with van der Waals surface area (Å²) in [5.74, 6) is -0.501. The number of carbonyl (C=O) groups excluding carboxylic acids is 2. The lowest BCUT2D eigenvalue weighted by Crippen LogP contribution is -2.48. The van der Waals surface area contributed by atoms with E-state index >= 15 is 0 Å². The van der Waals surface area contributed by atoms with Crippen molar-refractivity contribution >= 4 is 11.9 Å². The molecule has 2 aliphatic rings. The number of primary amides is 1. The van der Waals surface area contributed by atoms with Crippen LogP contribution in [0.3, 0.4) is 0 Å². The molecule has 5 nitrogen and oxygen atoms in total. The van der Waals surface area contributed by atoms with E-state index in [2.05, 4.69) is 0 Å². The van der Waals surface area contributed by atoms with E-state index in [1.807, 2.05) is 0 Å². The van der Waals surface area contributed by atoms with Crippen molar-refractivity contribution in [3.63, 3.8) is 0 Å². The number of nitrogens with two attached hydrogens (primary N) is 1. The van der Waals surface area contributed by atoms with Crippen molar-refractivity contribution in [1.82, 2.24) is 9.80 Å². The summed E-state index contributed by atoms with van der Waals surface area (Å²) in [6.45, 7) is 1.27. The summed E-state index contributed by atoms with van der Waals surface area (Å²) in [4.78, 5) is 27.5. The van der Waals surface area contributed by atoms with Gasteiger partial charge < -0.3 is 15.5 Å². The Morgan fingerprint density at radius 1 is 1.26 bits per heavy atom. The van der Waals surface area contributed by atoms with Crippen molar-refractivity contribution in [3.05, 3.63) is 35.6 Å². The molecular weight excluding hydrogens is 297 g/mol. The lowest BCUT2D eigenvalue weighted by Gasteiger charge is -2.34. The van der Waals surface area contributed by atoms with Gasteiger partial charge in [0.2, 0.25) is 5.91 Å². The number of halogens is 1. The van der Waals surface area contributed by atoms with E-state index in [-0.39, 0.29) is 23.7 Å². The number of urea groups is 1. The Morgan fingerprint density at radius 2 is 2.00 bits per heavy atom. The Hall–Kier alpha value is -2.11. The van der Waals surface area contributed by atoms with Gasteiger partial charge in [-0.15, -0.1) is 0 Å². The Labute approximate surface area is 135 Å². The minimum Gasteiger partial charge on any atom is -0.351 e. The molecule has 1 aliphatic carbocycles. The Bertz CT molecular complexity index is 603. The number of amides is 3. The molecule has 1 aliphatic heterocycles. The van der Waals surface area contributed by atoms with Crippen LogP contribution in [0.1, 0.15) is 31.2 Å². The van der Waals surface area contributed by atoms with Crippen LogP contribution in [-0.4, -0.2) is 40.9 Å². The van der Waals surface area contributed by atoms with Crippen LogP contribution in [0.5, 0.6) is 0 Å². The van der Waals surface area contributed by atoms with Gasteiger partial charge in [-0.05, 0) is 31.7 Å². The largest absolute Gasteiger partial charge is 0.351 e. The summed E-state index contributed by atoms with van der Waals surface area (Å²) in [5, 5.41) is 0. The number of rotatable bonds is 4. The van der Waals surface area contributed by atoms with Crippen LogP contribution < -0.4 is 5.73 Å². The molecule has 0 unspecified atom stereocenters. The average molecular weight is 319 g/mol. The third kappa shape index (κ3) is 3.63. The van der Waals surface area contributed by atoms with Gasteiger partial charge in [-0.25, -0.2) is 9.18 Å². The smallest absolute Gasteiger partial charge is 0.314 e. The molecule has 1 atom stereocenters. The number of likely N-dealkylation sites (tertiary alicyclic amines) is 1. The van der Waals surface area contributed by atoms with Gasteiger partial charge in [0.25, 0.3) is 0 Å². The summed E-state index contributed by atoms with van der Waals surface area (Å²) in [5.41, 5.74) is 5.87. The van der Waals surface area contributed by atoms with Crippen LogP contribution in [-0.2, 0) is 11.3 Å². The number of nitrogens with zero attached hydrogens (tertiary/aromatic N) is 2. The van der Waals surface area contributed by atoms with Gasteiger partial charge >= 0.3 is 6.03 Å². The zero-order chi connectivity index (χ0) is 16.4. The van der Waals surface area contributed by atoms with E-state index in [9.17, 15) is 14.0 Å². The second kappa shape index (κ2) is 6.56. The molecule has 6 heteroatoms. The van der Waals surface area contributed by atoms with Gasteiger partial charge in [0.05, 0.1) is 5.92 Å². The Balaban J connectivity index is 1.72. The molecule has 2 fully saturated rings. The highest BCUT2D eigenvalue weighted by Crippen LogP contribution is 2.31. The second-order valence-corrected chi connectivity index (χ2v) is 6.41. The zero-order valence-electron chi connectivity index (χ0n) is 13.1. The molecule has 0 spiro atoms. The molecule has 1 heterocycles. The average Bonchev–Trinajstić information content (AvgIpc) is 3.38. The zero-order valence-corrected chi connectivity index (χ0v) is 13.1. The molecule has 2 N–H and O–H groups in total. The molecule has 124 valence electrons. The van der Waals surface area contributed by atoms with Crippen molar-refractivity contribution in [1.29, 1.82) is 0 Å². The maximum Gasteiger partial charge on any atom is 0.314 e. The van der Waals surface area contributed by atoms with Crippen molar-refractivity contribution in [2.75, 3.05) is 13.1 Å². The van der Waals surface area contributed by atoms with E-state index in [1.165, 1.54) is 11.0 Å². The summed E-state index contributed by atoms with van der Waals surface area (Å²) in [6.07, 6.45) is 3.46. The van der Waals surface area contributed by atoms with Crippen LogP contribution in [0.25, 0.3) is 0 Å². The fraction of sp³-hybridized carbons (Fsp3) is 0.529. The van der Waals surface area contributed by atoms with Crippen LogP contribution in [0.2, 0.25) is 0 Å². The van der Waals surface area contributed by atoms with Gasteiger partial charge in [0.15, 0.2) is 0 Å². The summed E-state index contributed by atoms with van der Waals surface area (Å²) in [7, 11) is 0. The predicted octanol–water partition coefficient (Wildman–Crippen LogP) is 2.11. The molecule has 1 saturated carbocycles. The Kier molecular flexibility index (Phi) is 4.50. The first kappa shape index (κ1) is 15.8. The number of hydrogen-bond donors (Lipinski definition) is 1. The van der Waals surface area contributed by atoms with E-state index in [4.69, 9.17) is 5.73 Å². The van der Waals surface area contributed by atoms with Crippen molar-refractivity contribution < 1.29 is 14.0 Å². The van der Waals surface area contributed by atoms with Gasteiger partial charge in [-0.1, -0.05) is 18.2 Å². The van der Waals surface area contributed by atoms with Crippen LogP contribution in [0, 0.1) is 11.7 Å². The first-order valence-corrected chi connectivity index (χ1v) is 8.14. The van der Waals surface area contributed by atoms with E-state index in [0.717, 1.165) is 25.7 Å². The molecule has 1 aromatic carbocycles. The summed E-state index contributed by atoms with van der Waals surface area (Å²) < 4.78 is 13.9. The number of carbonyl (C=O) groups is 2. The van der Waals surface area contributed by atoms with Crippen molar-refractivity contribution in [3.8, 4) is 0 Å². The highest BCUT2D eigenvalue weighted by molar-refractivity contribution is 5.81. The van der Waals surface area contributed by atoms with E-state index in [0.29, 0.717) is 25.2 Å². The first-order valence-electron chi connectivity index (χ1n) is 8.14. The summed E-state index contributed by atoms with van der Waals surface area (Å²) >= 11 is 0.